The number of carbonyl (C=O) groups is 2. The summed E-state index contributed by atoms with van der Waals surface area (Å²) < 4.78 is 11.4. The van der Waals surface area contributed by atoms with Crippen molar-refractivity contribution >= 4 is 52.1 Å². The van der Waals surface area contributed by atoms with Crippen LogP contribution in [0.5, 0.6) is 5.75 Å². The summed E-state index contributed by atoms with van der Waals surface area (Å²) in [7, 11) is 1.67. The van der Waals surface area contributed by atoms with Gasteiger partial charge in [-0.3, -0.25) is 14.7 Å². The molecule has 36 heavy (non-hydrogen) atoms. The van der Waals surface area contributed by atoms with Gasteiger partial charge in [0.25, 0.3) is 0 Å². The number of aromatic nitrogens is 1. The minimum Gasteiger partial charge on any atom is -0.497 e. The minimum absolute atomic E-state index is 0.0182. The van der Waals surface area contributed by atoms with Crippen LogP contribution >= 0.6 is 11.8 Å². The average molecular weight is 502 g/mol. The zero-order chi connectivity index (χ0) is 24.7. The maximum atomic E-state index is 12.8. The van der Waals surface area contributed by atoms with Crippen LogP contribution in [0.2, 0.25) is 0 Å². The van der Waals surface area contributed by atoms with E-state index in [9.17, 15) is 9.59 Å². The molecule has 184 valence electrons. The molecule has 3 aliphatic rings. The van der Waals surface area contributed by atoms with Crippen molar-refractivity contribution in [3.63, 3.8) is 0 Å². The van der Waals surface area contributed by atoms with E-state index in [1.54, 1.807) is 12.0 Å². The number of fused-ring (bicyclic) bond motifs is 2. The van der Waals surface area contributed by atoms with Crippen molar-refractivity contribution in [2.45, 2.75) is 36.2 Å². The Bertz CT molecular complexity index is 1380. The molecule has 0 radical (unpaired) electrons. The molecule has 7 nitrogen and oxygen atoms in total. The zero-order valence-electron chi connectivity index (χ0n) is 20.0. The molecule has 2 fully saturated rings. The molecule has 3 heterocycles. The lowest BCUT2D eigenvalue weighted by Crippen LogP contribution is -2.38. The van der Waals surface area contributed by atoms with E-state index in [-0.39, 0.29) is 12.0 Å². The summed E-state index contributed by atoms with van der Waals surface area (Å²) in [6.45, 7) is 0.539. The van der Waals surface area contributed by atoms with Gasteiger partial charge in [-0.2, -0.15) is 0 Å². The molecule has 0 bridgehead atoms. The topological polar surface area (TPSA) is 80.8 Å². The third-order valence-electron chi connectivity index (χ3n) is 7.35. The molecule has 1 saturated carbocycles. The summed E-state index contributed by atoms with van der Waals surface area (Å²) in [6.07, 6.45) is 9.55. The number of rotatable bonds is 4. The van der Waals surface area contributed by atoms with Crippen LogP contribution < -0.4 is 15.0 Å². The lowest BCUT2D eigenvalue weighted by atomic mass is 9.78. The Hall–Kier alpha value is -3.52. The Morgan fingerprint density at radius 1 is 1.17 bits per heavy atom. The average Bonchev–Trinajstić information content (AvgIpc) is 3.23. The number of benzene rings is 2. The molecule has 0 unspecified atom stereocenters. The zero-order valence-corrected chi connectivity index (χ0v) is 20.8. The Morgan fingerprint density at radius 3 is 2.86 bits per heavy atom. The molecule has 0 atom stereocenters. The number of nitrogens with one attached hydrogen (secondary N) is 1. The Balaban J connectivity index is 1.13. The number of nitrogens with zero attached hydrogens (tertiary/aromatic N) is 2. The van der Waals surface area contributed by atoms with E-state index in [0.29, 0.717) is 18.2 Å². The molecule has 2 aromatic carbocycles. The highest BCUT2D eigenvalue weighted by atomic mass is 32.2. The predicted octanol–water partition coefficient (Wildman–Crippen LogP) is 5.89. The number of carbonyl (C=O) groups excluding carboxylic acids is 2. The summed E-state index contributed by atoms with van der Waals surface area (Å²) in [5.41, 5.74) is 3.14. The number of hydrogen-bond acceptors (Lipinski definition) is 6. The van der Waals surface area contributed by atoms with Gasteiger partial charge in [0.15, 0.2) is 0 Å². The summed E-state index contributed by atoms with van der Waals surface area (Å²) in [5.74, 6) is 1.64. The third-order valence-corrected chi connectivity index (χ3v) is 8.42. The molecule has 2 aliphatic heterocycles. The fraction of sp³-hybridized carbons (Fsp3) is 0.321. The number of anilines is 2. The molecule has 1 aliphatic carbocycles. The molecule has 8 heteroatoms. The van der Waals surface area contributed by atoms with E-state index in [2.05, 4.69) is 22.5 Å². The van der Waals surface area contributed by atoms with Crippen molar-refractivity contribution in [1.82, 2.24) is 4.98 Å². The molecular formula is C28H27N3O4S. The number of thioether (sulfide) groups is 1. The van der Waals surface area contributed by atoms with Gasteiger partial charge in [0, 0.05) is 22.2 Å². The molecule has 1 N–H and O–H groups in total. The van der Waals surface area contributed by atoms with Crippen molar-refractivity contribution in [3.05, 3.63) is 60.3 Å². The van der Waals surface area contributed by atoms with Gasteiger partial charge in [0.2, 0.25) is 5.91 Å². The molecule has 3 aromatic rings. The number of hydrogen-bond donors (Lipinski definition) is 1. The van der Waals surface area contributed by atoms with Crippen LogP contribution in [-0.2, 0) is 9.53 Å². The quantitative estimate of drug-likeness (QED) is 0.480. The number of amides is 2. The van der Waals surface area contributed by atoms with E-state index in [0.717, 1.165) is 64.2 Å². The van der Waals surface area contributed by atoms with E-state index < -0.39 is 5.60 Å². The lowest BCUT2D eigenvalue weighted by Gasteiger charge is -2.34. The van der Waals surface area contributed by atoms with Gasteiger partial charge < -0.3 is 14.8 Å². The first-order valence-electron chi connectivity index (χ1n) is 12.2. The van der Waals surface area contributed by atoms with Crippen molar-refractivity contribution < 1.29 is 19.1 Å². The van der Waals surface area contributed by atoms with E-state index in [1.807, 2.05) is 48.7 Å². The van der Waals surface area contributed by atoms with Gasteiger partial charge in [-0.1, -0.05) is 12.2 Å². The molecule has 6 rings (SSSR count). The van der Waals surface area contributed by atoms with Crippen molar-refractivity contribution in [1.29, 1.82) is 0 Å². The highest BCUT2D eigenvalue weighted by Gasteiger charge is 2.47. The predicted molar refractivity (Wildman–Crippen MR) is 142 cm³/mol. The molecule has 1 spiro atoms. The summed E-state index contributed by atoms with van der Waals surface area (Å²) in [6, 6.07) is 13.7. The van der Waals surface area contributed by atoms with E-state index in [4.69, 9.17) is 9.47 Å². The van der Waals surface area contributed by atoms with Crippen LogP contribution in [0.4, 0.5) is 16.2 Å². The number of pyridine rings is 1. The number of ether oxygens (including phenoxy) is 2. The van der Waals surface area contributed by atoms with Crippen LogP contribution in [0.3, 0.4) is 0 Å². The van der Waals surface area contributed by atoms with Gasteiger partial charge in [0.05, 0.1) is 30.6 Å². The first-order valence-corrected chi connectivity index (χ1v) is 13.2. The molecular weight excluding hydrogens is 474 g/mol. The lowest BCUT2D eigenvalue weighted by molar-refractivity contribution is -0.113. The highest BCUT2D eigenvalue weighted by Crippen LogP contribution is 2.43. The fourth-order valence-electron chi connectivity index (χ4n) is 5.34. The fourth-order valence-corrected chi connectivity index (χ4v) is 6.13. The standard InChI is InChI=1S/C28H27N3O4S/c1-34-21-5-6-23-22(15-21)19(10-13-29-23)3-2-18-8-11-28(12-9-18)17-31(27(33)35-28)20-4-7-25-24(14-20)30-26(32)16-36-25/h2-7,10,13-15,18H,8-9,11-12,16-17H2,1H3,(H,30,32). The first-order chi connectivity index (χ1) is 17.5. The smallest absolute Gasteiger partial charge is 0.415 e. The Kier molecular flexibility index (Phi) is 5.84. The maximum absolute atomic E-state index is 12.8. The Morgan fingerprint density at radius 2 is 2.03 bits per heavy atom. The SMILES string of the molecule is COc1ccc2nccc(C=CC3CCC4(CC3)CN(c3ccc5c(c3)NC(=O)CS5)C(=O)O4)c2c1. The molecule has 1 aromatic heterocycles. The normalized spacial score (nSPS) is 23.7. The maximum Gasteiger partial charge on any atom is 0.415 e. The van der Waals surface area contributed by atoms with Gasteiger partial charge in [-0.05, 0) is 79.6 Å². The monoisotopic (exact) mass is 501 g/mol. The van der Waals surface area contributed by atoms with Crippen molar-refractivity contribution in [2.24, 2.45) is 5.92 Å². The van der Waals surface area contributed by atoms with Gasteiger partial charge in [-0.25, -0.2) is 4.79 Å². The van der Waals surface area contributed by atoms with Gasteiger partial charge in [0.1, 0.15) is 11.4 Å². The van der Waals surface area contributed by atoms with Crippen LogP contribution in [0.25, 0.3) is 17.0 Å². The highest BCUT2D eigenvalue weighted by molar-refractivity contribution is 8.00. The van der Waals surface area contributed by atoms with Crippen LogP contribution in [-0.4, -0.2) is 42.0 Å². The largest absolute Gasteiger partial charge is 0.497 e. The second kappa shape index (κ2) is 9.17. The second-order valence-electron chi connectivity index (χ2n) is 9.63. The summed E-state index contributed by atoms with van der Waals surface area (Å²) in [4.78, 5) is 31.8. The van der Waals surface area contributed by atoms with Gasteiger partial charge in [-0.15, -0.1) is 11.8 Å². The van der Waals surface area contributed by atoms with Gasteiger partial charge >= 0.3 is 6.09 Å². The minimum atomic E-state index is -0.452. The summed E-state index contributed by atoms with van der Waals surface area (Å²) in [5, 5.41) is 3.97. The number of methoxy groups -OCH3 is 1. The van der Waals surface area contributed by atoms with E-state index >= 15 is 0 Å². The summed E-state index contributed by atoms with van der Waals surface area (Å²) >= 11 is 1.51. The van der Waals surface area contributed by atoms with Crippen LogP contribution in [0.1, 0.15) is 31.2 Å². The number of allylic oxidation sites excluding steroid dienone is 1. The van der Waals surface area contributed by atoms with E-state index in [1.165, 1.54) is 11.8 Å². The third kappa shape index (κ3) is 4.30. The molecule has 2 amide bonds. The van der Waals surface area contributed by atoms with Crippen LogP contribution in [0.15, 0.2) is 59.6 Å². The van der Waals surface area contributed by atoms with Crippen molar-refractivity contribution in [2.75, 3.05) is 29.6 Å². The van der Waals surface area contributed by atoms with Crippen molar-refractivity contribution in [3.8, 4) is 5.75 Å². The first kappa shape index (κ1) is 22.9. The Labute approximate surface area is 213 Å². The molecule has 1 saturated heterocycles. The van der Waals surface area contributed by atoms with Crippen LogP contribution in [0, 0.1) is 5.92 Å². The second-order valence-corrected chi connectivity index (χ2v) is 10.7.